The Morgan fingerprint density at radius 1 is 1.00 bits per heavy atom. The lowest BCUT2D eigenvalue weighted by Gasteiger charge is -2.18. The smallest absolute Gasteiger partial charge is 0.293 e. The molecule has 33 heavy (non-hydrogen) atoms. The number of primary sulfonamides is 1. The third-order valence-corrected chi connectivity index (χ3v) is 6.38. The van der Waals surface area contributed by atoms with Crippen LogP contribution in [0.25, 0.3) is 5.69 Å². The lowest BCUT2D eigenvalue weighted by atomic mass is 10.1. The minimum absolute atomic E-state index is 0.0171. The molecular formula is C22H24N6O4S. The highest BCUT2D eigenvalue weighted by Gasteiger charge is 2.25. The van der Waals surface area contributed by atoms with Gasteiger partial charge in [-0.1, -0.05) is 30.3 Å². The summed E-state index contributed by atoms with van der Waals surface area (Å²) in [4.78, 5) is 32.1. The van der Waals surface area contributed by atoms with E-state index in [9.17, 15) is 18.0 Å². The zero-order valence-corrected chi connectivity index (χ0v) is 18.7. The van der Waals surface area contributed by atoms with Crippen molar-refractivity contribution in [3.05, 3.63) is 71.8 Å². The molecule has 4 rings (SSSR count). The number of hydrogen-bond donors (Lipinski definition) is 1. The number of nitrogens with zero attached hydrogens (tertiary/aromatic N) is 5. The number of hydrogen-bond acceptors (Lipinski definition) is 6. The number of nitrogens with two attached hydrogens (primary N) is 1. The second-order valence-corrected chi connectivity index (χ2v) is 9.31. The number of carbonyl (C=O) groups excluding carboxylic acids is 2. The quantitative estimate of drug-likeness (QED) is 0.533. The molecule has 2 aromatic carbocycles. The largest absolute Gasteiger partial charge is 0.343 e. The van der Waals surface area contributed by atoms with Crippen molar-refractivity contribution in [2.24, 2.45) is 5.14 Å². The van der Waals surface area contributed by atoms with Crippen molar-refractivity contribution in [3.8, 4) is 5.69 Å². The Labute approximate surface area is 191 Å². The third kappa shape index (κ3) is 5.26. The molecule has 172 valence electrons. The summed E-state index contributed by atoms with van der Waals surface area (Å²) in [6, 6.07) is 15.6. The fourth-order valence-corrected chi connectivity index (χ4v) is 4.21. The van der Waals surface area contributed by atoms with Gasteiger partial charge in [0.05, 0.1) is 10.6 Å². The van der Waals surface area contributed by atoms with E-state index in [1.165, 1.54) is 12.1 Å². The fourth-order valence-electron chi connectivity index (χ4n) is 3.70. The molecule has 0 aliphatic carbocycles. The van der Waals surface area contributed by atoms with E-state index in [4.69, 9.17) is 5.14 Å². The minimum atomic E-state index is -3.83. The molecule has 11 heteroatoms. The van der Waals surface area contributed by atoms with Gasteiger partial charge in [0.15, 0.2) is 0 Å². The van der Waals surface area contributed by atoms with E-state index >= 15 is 0 Å². The van der Waals surface area contributed by atoms with Crippen LogP contribution in [0, 0.1) is 0 Å². The van der Waals surface area contributed by atoms with Crippen LogP contribution in [0.1, 0.15) is 28.4 Å². The predicted molar refractivity (Wildman–Crippen MR) is 120 cm³/mol. The summed E-state index contributed by atoms with van der Waals surface area (Å²) >= 11 is 0. The van der Waals surface area contributed by atoms with Crippen LogP contribution < -0.4 is 5.14 Å². The molecule has 0 bridgehead atoms. The molecule has 1 saturated heterocycles. The summed E-state index contributed by atoms with van der Waals surface area (Å²) < 4.78 is 24.7. The minimum Gasteiger partial charge on any atom is -0.343 e. The summed E-state index contributed by atoms with van der Waals surface area (Å²) in [5.74, 6) is 0.283. The Hall–Kier alpha value is -3.57. The topological polar surface area (TPSA) is 131 Å². The van der Waals surface area contributed by atoms with Crippen LogP contribution >= 0.6 is 0 Å². The van der Waals surface area contributed by atoms with E-state index in [2.05, 4.69) is 10.1 Å². The fraction of sp³-hybridized carbons (Fsp3) is 0.273. The van der Waals surface area contributed by atoms with Gasteiger partial charge >= 0.3 is 0 Å². The summed E-state index contributed by atoms with van der Waals surface area (Å²) in [5, 5.41) is 9.66. The normalized spacial score (nSPS) is 14.7. The summed E-state index contributed by atoms with van der Waals surface area (Å²) in [7, 11) is -3.83. The van der Waals surface area contributed by atoms with Gasteiger partial charge in [0, 0.05) is 32.6 Å². The highest BCUT2D eigenvalue weighted by Crippen LogP contribution is 2.17. The Morgan fingerprint density at radius 2 is 1.73 bits per heavy atom. The molecule has 2 amide bonds. The molecule has 0 atom stereocenters. The molecule has 2 heterocycles. The first-order chi connectivity index (χ1) is 15.8. The molecule has 0 saturated carbocycles. The molecular weight excluding hydrogens is 444 g/mol. The molecule has 0 unspecified atom stereocenters. The molecule has 10 nitrogen and oxygen atoms in total. The number of carbonyl (C=O) groups is 2. The first kappa shape index (κ1) is 22.6. The molecule has 0 spiro atoms. The second kappa shape index (κ2) is 9.51. The van der Waals surface area contributed by atoms with Gasteiger partial charge in [-0.3, -0.25) is 9.59 Å². The highest BCUT2D eigenvalue weighted by molar-refractivity contribution is 7.89. The van der Waals surface area contributed by atoms with E-state index in [0.717, 1.165) is 12.0 Å². The highest BCUT2D eigenvalue weighted by atomic mass is 32.2. The third-order valence-electron chi connectivity index (χ3n) is 5.45. The standard InChI is InChI=1S/C22H24N6O4S/c23-33(31,32)19-9-7-18(8-10-19)28-20(15-17-5-2-1-3-6-17)24-21(25-28)22(30)27-12-4-11-26(16-29)13-14-27/h1-3,5-10,16H,4,11-15H2,(H2,23,31,32). The van der Waals surface area contributed by atoms with Gasteiger partial charge in [-0.2, -0.15) is 0 Å². The van der Waals surface area contributed by atoms with Crippen molar-refractivity contribution in [2.45, 2.75) is 17.7 Å². The van der Waals surface area contributed by atoms with Crippen LogP contribution in [0.2, 0.25) is 0 Å². The molecule has 1 aliphatic rings. The lowest BCUT2D eigenvalue weighted by molar-refractivity contribution is -0.118. The Balaban J connectivity index is 1.67. The van der Waals surface area contributed by atoms with E-state index in [1.54, 1.807) is 26.6 Å². The van der Waals surface area contributed by atoms with Crippen LogP contribution in [0.15, 0.2) is 59.5 Å². The number of rotatable bonds is 6. The number of amides is 2. The number of benzene rings is 2. The first-order valence-corrected chi connectivity index (χ1v) is 12.0. The van der Waals surface area contributed by atoms with Crippen molar-refractivity contribution in [2.75, 3.05) is 26.2 Å². The Kier molecular flexibility index (Phi) is 6.52. The van der Waals surface area contributed by atoms with E-state index < -0.39 is 10.0 Å². The van der Waals surface area contributed by atoms with Gasteiger partial charge in [-0.25, -0.2) is 23.2 Å². The van der Waals surface area contributed by atoms with Crippen molar-refractivity contribution in [1.82, 2.24) is 24.6 Å². The van der Waals surface area contributed by atoms with Gasteiger partial charge in [-0.05, 0) is 36.2 Å². The molecule has 1 aliphatic heterocycles. The van der Waals surface area contributed by atoms with Gasteiger partial charge < -0.3 is 9.80 Å². The second-order valence-electron chi connectivity index (χ2n) is 7.75. The molecule has 1 aromatic heterocycles. The van der Waals surface area contributed by atoms with Crippen LogP contribution in [0.5, 0.6) is 0 Å². The first-order valence-electron chi connectivity index (χ1n) is 10.5. The average Bonchev–Trinajstić information content (AvgIpc) is 3.07. The lowest BCUT2D eigenvalue weighted by Crippen LogP contribution is -2.35. The molecule has 3 aromatic rings. The maximum absolute atomic E-state index is 13.2. The Morgan fingerprint density at radius 3 is 2.39 bits per heavy atom. The van der Waals surface area contributed by atoms with Gasteiger partial charge in [0.2, 0.25) is 22.3 Å². The molecule has 2 N–H and O–H groups in total. The Bertz CT molecular complexity index is 1240. The maximum atomic E-state index is 13.2. The number of aromatic nitrogens is 3. The monoisotopic (exact) mass is 468 g/mol. The molecule has 1 fully saturated rings. The van der Waals surface area contributed by atoms with Crippen molar-refractivity contribution < 1.29 is 18.0 Å². The zero-order valence-electron chi connectivity index (χ0n) is 17.9. The predicted octanol–water partition coefficient (Wildman–Crippen LogP) is 0.810. The van der Waals surface area contributed by atoms with Gasteiger partial charge in [0.1, 0.15) is 5.82 Å². The van der Waals surface area contributed by atoms with Crippen LogP contribution in [-0.2, 0) is 21.2 Å². The van der Waals surface area contributed by atoms with Crippen LogP contribution in [-0.4, -0.2) is 71.5 Å². The summed E-state index contributed by atoms with van der Waals surface area (Å²) in [6.45, 7) is 1.98. The van der Waals surface area contributed by atoms with Gasteiger partial charge in [-0.15, -0.1) is 5.10 Å². The summed E-state index contributed by atoms with van der Waals surface area (Å²) in [5.41, 5.74) is 1.55. The van der Waals surface area contributed by atoms with Crippen LogP contribution in [0.4, 0.5) is 0 Å². The van der Waals surface area contributed by atoms with E-state index in [1.807, 2.05) is 30.3 Å². The average molecular weight is 469 g/mol. The van der Waals surface area contributed by atoms with Crippen molar-refractivity contribution >= 4 is 22.3 Å². The van der Waals surface area contributed by atoms with Crippen molar-refractivity contribution in [3.63, 3.8) is 0 Å². The molecule has 0 radical (unpaired) electrons. The number of sulfonamides is 1. The van der Waals surface area contributed by atoms with Crippen molar-refractivity contribution in [1.29, 1.82) is 0 Å². The SMILES string of the molecule is NS(=O)(=O)c1ccc(-n2nc(C(=O)N3CCCN(C=O)CC3)nc2Cc2ccccc2)cc1. The van der Waals surface area contributed by atoms with E-state index in [-0.39, 0.29) is 16.6 Å². The van der Waals surface area contributed by atoms with Crippen LogP contribution in [0.3, 0.4) is 0 Å². The zero-order chi connectivity index (χ0) is 23.4. The van der Waals surface area contributed by atoms with E-state index in [0.29, 0.717) is 50.5 Å². The van der Waals surface area contributed by atoms with Gasteiger partial charge in [0.25, 0.3) is 5.91 Å². The summed E-state index contributed by atoms with van der Waals surface area (Å²) in [6.07, 6.45) is 1.90. The maximum Gasteiger partial charge on any atom is 0.293 e.